The van der Waals surface area contributed by atoms with Gasteiger partial charge in [0.2, 0.25) is 0 Å². The number of aromatic nitrogens is 1. The van der Waals surface area contributed by atoms with Crippen LogP contribution in [0.15, 0.2) is 30.5 Å². The average Bonchev–Trinajstić information content (AvgIpc) is 2.86. The number of hydrogen-bond acceptors (Lipinski definition) is 5. The van der Waals surface area contributed by atoms with Crippen LogP contribution in [0, 0.1) is 6.92 Å². The van der Waals surface area contributed by atoms with E-state index in [1.807, 2.05) is 24.4 Å². The Hall–Kier alpha value is -1.75. The van der Waals surface area contributed by atoms with Crippen LogP contribution in [0.1, 0.15) is 4.88 Å². The minimum absolute atomic E-state index is 0.362. The summed E-state index contributed by atoms with van der Waals surface area (Å²) >= 11 is 1.74. The second-order valence-corrected chi connectivity index (χ2v) is 5.93. The van der Waals surface area contributed by atoms with E-state index < -0.39 is 0 Å². The molecule has 1 aromatic heterocycles. The molecule has 0 bridgehead atoms. The molecule has 0 spiro atoms. The molecule has 0 aliphatic carbocycles. The molecule has 1 aliphatic heterocycles. The third kappa shape index (κ3) is 2.51. The van der Waals surface area contributed by atoms with Crippen LogP contribution in [0.3, 0.4) is 0 Å². The molecule has 0 unspecified atom stereocenters. The molecule has 5 heteroatoms. The highest BCUT2D eigenvalue weighted by molar-refractivity contribution is 7.15. The van der Waals surface area contributed by atoms with Gasteiger partial charge < -0.3 is 14.9 Å². The first-order valence-electron chi connectivity index (χ1n) is 6.44. The molecule has 1 saturated heterocycles. The Kier molecular flexibility index (Phi) is 3.29. The Morgan fingerprint density at radius 1 is 1.11 bits per heavy atom. The van der Waals surface area contributed by atoms with Crippen LogP contribution >= 0.6 is 11.3 Å². The van der Waals surface area contributed by atoms with Crippen LogP contribution < -0.4 is 9.80 Å². The zero-order valence-electron chi connectivity index (χ0n) is 10.9. The van der Waals surface area contributed by atoms with E-state index in [0.29, 0.717) is 5.75 Å². The number of phenolic OH excluding ortho intramolecular Hbond substituents is 1. The highest BCUT2D eigenvalue weighted by Gasteiger charge is 2.20. The lowest BCUT2D eigenvalue weighted by atomic mass is 10.2. The predicted octanol–water partition coefficient (Wildman–Crippen LogP) is 2.48. The highest BCUT2D eigenvalue weighted by atomic mass is 32.1. The molecular formula is C14H17N3OS. The molecule has 1 N–H and O–H groups in total. The lowest BCUT2D eigenvalue weighted by molar-refractivity contribution is 0.472. The SMILES string of the molecule is Cc1cnc(N2CCN(c3ccccc3O)CC2)s1. The van der Waals surface area contributed by atoms with E-state index in [2.05, 4.69) is 21.7 Å². The van der Waals surface area contributed by atoms with Gasteiger partial charge in [-0.25, -0.2) is 4.98 Å². The van der Waals surface area contributed by atoms with E-state index in [4.69, 9.17) is 0 Å². The predicted molar refractivity (Wildman–Crippen MR) is 79.4 cm³/mol. The molecule has 3 rings (SSSR count). The Morgan fingerprint density at radius 3 is 2.42 bits per heavy atom. The summed E-state index contributed by atoms with van der Waals surface area (Å²) in [6.45, 7) is 5.80. The fourth-order valence-corrected chi connectivity index (χ4v) is 3.17. The van der Waals surface area contributed by atoms with Crippen LogP contribution in [0.4, 0.5) is 10.8 Å². The third-order valence-electron chi connectivity index (χ3n) is 3.38. The summed E-state index contributed by atoms with van der Waals surface area (Å²) in [5, 5.41) is 11.0. The van der Waals surface area contributed by atoms with E-state index in [0.717, 1.165) is 37.0 Å². The molecule has 2 heterocycles. The first-order valence-corrected chi connectivity index (χ1v) is 7.26. The number of thiazole rings is 1. The summed E-state index contributed by atoms with van der Waals surface area (Å²) in [7, 11) is 0. The Bertz CT molecular complexity index is 561. The van der Waals surface area contributed by atoms with Crippen LogP contribution in [0.2, 0.25) is 0 Å². The van der Waals surface area contributed by atoms with Crippen LogP contribution in [-0.4, -0.2) is 36.3 Å². The second-order valence-electron chi connectivity index (χ2n) is 4.72. The lowest BCUT2D eigenvalue weighted by Gasteiger charge is -2.36. The van der Waals surface area contributed by atoms with Crippen molar-refractivity contribution in [3.63, 3.8) is 0 Å². The summed E-state index contributed by atoms with van der Waals surface area (Å²) < 4.78 is 0. The third-order valence-corrected chi connectivity index (χ3v) is 4.36. The van der Waals surface area contributed by atoms with Gasteiger partial charge in [-0.15, -0.1) is 11.3 Å². The molecule has 0 saturated carbocycles. The van der Waals surface area contributed by atoms with Crippen molar-refractivity contribution in [3.8, 4) is 5.75 Å². The summed E-state index contributed by atoms with van der Waals surface area (Å²) in [6.07, 6.45) is 1.93. The van der Waals surface area contributed by atoms with Gasteiger partial charge in [0.05, 0.1) is 5.69 Å². The molecule has 0 radical (unpaired) electrons. The molecular weight excluding hydrogens is 258 g/mol. The highest BCUT2D eigenvalue weighted by Crippen LogP contribution is 2.29. The number of piperazine rings is 1. The van der Waals surface area contributed by atoms with Crippen molar-refractivity contribution in [2.75, 3.05) is 36.0 Å². The standard InChI is InChI=1S/C14H17N3OS/c1-11-10-15-14(19-11)17-8-6-16(7-9-17)12-4-2-3-5-13(12)18/h2-5,10,18H,6-9H2,1H3. The van der Waals surface area contributed by atoms with Crippen molar-refractivity contribution >= 4 is 22.2 Å². The Labute approximate surface area is 116 Å². The van der Waals surface area contributed by atoms with Crippen molar-refractivity contribution in [2.45, 2.75) is 6.92 Å². The quantitative estimate of drug-likeness (QED) is 0.914. The van der Waals surface area contributed by atoms with Gasteiger partial charge >= 0.3 is 0 Å². The number of nitrogens with zero attached hydrogens (tertiary/aromatic N) is 3. The number of aryl methyl sites for hydroxylation is 1. The fourth-order valence-electron chi connectivity index (χ4n) is 2.36. The maximum Gasteiger partial charge on any atom is 0.185 e. The van der Waals surface area contributed by atoms with Gasteiger partial charge in [0.1, 0.15) is 5.75 Å². The largest absolute Gasteiger partial charge is 0.506 e. The van der Waals surface area contributed by atoms with E-state index in [-0.39, 0.29) is 0 Å². The van der Waals surface area contributed by atoms with Crippen LogP contribution in [0.25, 0.3) is 0 Å². The summed E-state index contributed by atoms with van der Waals surface area (Å²) in [6, 6.07) is 7.53. The van der Waals surface area contributed by atoms with Crippen LogP contribution in [-0.2, 0) is 0 Å². The van der Waals surface area contributed by atoms with Crippen molar-refractivity contribution in [3.05, 3.63) is 35.3 Å². The summed E-state index contributed by atoms with van der Waals surface area (Å²) in [5.74, 6) is 0.362. The topological polar surface area (TPSA) is 39.6 Å². The van der Waals surface area contributed by atoms with Gasteiger partial charge in [-0.1, -0.05) is 12.1 Å². The van der Waals surface area contributed by atoms with E-state index >= 15 is 0 Å². The number of benzene rings is 1. The van der Waals surface area contributed by atoms with E-state index in [1.165, 1.54) is 4.88 Å². The van der Waals surface area contributed by atoms with Gasteiger partial charge in [0.15, 0.2) is 5.13 Å². The minimum atomic E-state index is 0.362. The van der Waals surface area contributed by atoms with Crippen LogP contribution in [0.5, 0.6) is 5.75 Å². The monoisotopic (exact) mass is 275 g/mol. The molecule has 0 atom stereocenters. The minimum Gasteiger partial charge on any atom is -0.506 e. The first-order chi connectivity index (χ1) is 9.24. The number of phenols is 1. The molecule has 1 aromatic carbocycles. The van der Waals surface area contributed by atoms with E-state index in [9.17, 15) is 5.11 Å². The van der Waals surface area contributed by atoms with Crippen molar-refractivity contribution < 1.29 is 5.11 Å². The molecule has 1 aliphatic rings. The molecule has 1 fully saturated rings. The average molecular weight is 275 g/mol. The Balaban J connectivity index is 1.68. The zero-order valence-corrected chi connectivity index (χ0v) is 11.7. The molecule has 4 nitrogen and oxygen atoms in total. The fraction of sp³-hybridized carbons (Fsp3) is 0.357. The molecule has 0 amide bonds. The van der Waals surface area contributed by atoms with Gasteiger partial charge in [-0.3, -0.25) is 0 Å². The van der Waals surface area contributed by atoms with Crippen molar-refractivity contribution in [2.24, 2.45) is 0 Å². The number of hydrogen-bond donors (Lipinski definition) is 1. The van der Waals surface area contributed by atoms with Crippen molar-refractivity contribution in [1.82, 2.24) is 4.98 Å². The second kappa shape index (κ2) is 5.09. The normalized spacial score (nSPS) is 15.8. The van der Waals surface area contributed by atoms with E-state index in [1.54, 1.807) is 17.4 Å². The summed E-state index contributed by atoms with van der Waals surface area (Å²) in [5.41, 5.74) is 0.928. The molecule has 2 aromatic rings. The number of rotatable bonds is 2. The molecule has 100 valence electrons. The maximum atomic E-state index is 9.88. The summed E-state index contributed by atoms with van der Waals surface area (Å²) in [4.78, 5) is 10.2. The van der Waals surface area contributed by atoms with Gasteiger partial charge in [-0.05, 0) is 19.1 Å². The van der Waals surface area contributed by atoms with Crippen molar-refractivity contribution in [1.29, 1.82) is 0 Å². The van der Waals surface area contributed by atoms with Gasteiger partial charge in [-0.2, -0.15) is 0 Å². The zero-order chi connectivity index (χ0) is 13.2. The number of para-hydroxylation sites is 2. The van der Waals surface area contributed by atoms with Gasteiger partial charge in [0.25, 0.3) is 0 Å². The number of aromatic hydroxyl groups is 1. The first kappa shape index (κ1) is 12.3. The Morgan fingerprint density at radius 2 is 1.79 bits per heavy atom. The molecule has 19 heavy (non-hydrogen) atoms. The number of anilines is 2. The smallest absolute Gasteiger partial charge is 0.185 e. The lowest BCUT2D eigenvalue weighted by Crippen LogP contribution is -2.46. The van der Waals surface area contributed by atoms with Gasteiger partial charge in [0, 0.05) is 37.3 Å². The maximum absolute atomic E-state index is 9.88.